The molecule has 1 aliphatic carbocycles. The molecule has 2 atom stereocenters. The summed E-state index contributed by atoms with van der Waals surface area (Å²) in [5.41, 5.74) is 2.93. The summed E-state index contributed by atoms with van der Waals surface area (Å²) in [5, 5.41) is 3.77. The van der Waals surface area contributed by atoms with Gasteiger partial charge in [0, 0.05) is 18.7 Å². The Morgan fingerprint density at radius 3 is 2.95 bits per heavy atom. The summed E-state index contributed by atoms with van der Waals surface area (Å²) in [6.07, 6.45) is 5.96. The SMILES string of the molecule is COc1ccc2c(c1)CC(NC1CCCOC1)CC2. The van der Waals surface area contributed by atoms with Crippen molar-refractivity contribution in [3.05, 3.63) is 29.3 Å². The third-order valence-corrected chi connectivity index (χ3v) is 4.27. The minimum atomic E-state index is 0.547. The van der Waals surface area contributed by atoms with Crippen LogP contribution in [0.2, 0.25) is 0 Å². The van der Waals surface area contributed by atoms with Crippen LogP contribution >= 0.6 is 0 Å². The number of hydrogen-bond acceptors (Lipinski definition) is 3. The van der Waals surface area contributed by atoms with Crippen molar-refractivity contribution < 1.29 is 9.47 Å². The van der Waals surface area contributed by atoms with Crippen LogP contribution < -0.4 is 10.1 Å². The van der Waals surface area contributed by atoms with Crippen LogP contribution in [0.4, 0.5) is 0 Å². The summed E-state index contributed by atoms with van der Waals surface area (Å²) < 4.78 is 10.9. The van der Waals surface area contributed by atoms with E-state index in [0.717, 1.165) is 25.4 Å². The molecule has 2 aliphatic rings. The topological polar surface area (TPSA) is 30.5 Å². The van der Waals surface area contributed by atoms with E-state index in [4.69, 9.17) is 9.47 Å². The molecule has 1 aliphatic heterocycles. The first-order chi connectivity index (χ1) is 9.35. The molecule has 0 aromatic heterocycles. The molecule has 1 aromatic rings. The predicted octanol–water partition coefficient (Wildman–Crippen LogP) is 2.32. The second-order valence-electron chi connectivity index (χ2n) is 5.66. The molecule has 1 aromatic carbocycles. The lowest BCUT2D eigenvalue weighted by atomic mass is 9.87. The number of aryl methyl sites for hydroxylation is 1. The first-order valence-electron chi connectivity index (χ1n) is 7.35. The smallest absolute Gasteiger partial charge is 0.119 e. The molecule has 0 spiro atoms. The minimum absolute atomic E-state index is 0.547. The van der Waals surface area contributed by atoms with Crippen LogP contribution in [0, 0.1) is 0 Å². The molecule has 1 heterocycles. The molecule has 1 saturated heterocycles. The van der Waals surface area contributed by atoms with Gasteiger partial charge in [0.15, 0.2) is 0 Å². The number of benzene rings is 1. The van der Waals surface area contributed by atoms with E-state index >= 15 is 0 Å². The second kappa shape index (κ2) is 5.93. The third kappa shape index (κ3) is 3.10. The van der Waals surface area contributed by atoms with Crippen LogP contribution in [0.1, 0.15) is 30.4 Å². The number of fused-ring (bicyclic) bond motifs is 1. The van der Waals surface area contributed by atoms with Gasteiger partial charge in [0.25, 0.3) is 0 Å². The summed E-state index contributed by atoms with van der Waals surface area (Å²) in [6.45, 7) is 1.81. The maximum atomic E-state index is 5.55. The zero-order valence-electron chi connectivity index (χ0n) is 11.7. The quantitative estimate of drug-likeness (QED) is 0.906. The molecule has 0 saturated carbocycles. The summed E-state index contributed by atoms with van der Waals surface area (Å²) in [6, 6.07) is 7.62. The van der Waals surface area contributed by atoms with Crippen molar-refractivity contribution in [1.82, 2.24) is 5.32 Å². The fourth-order valence-electron chi connectivity index (χ4n) is 3.21. The van der Waals surface area contributed by atoms with Gasteiger partial charge >= 0.3 is 0 Å². The zero-order chi connectivity index (χ0) is 13.1. The molecule has 0 radical (unpaired) electrons. The van der Waals surface area contributed by atoms with Gasteiger partial charge in [-0.1, -0.05) is 6.07 Å². The van der Waals surface area contributed by atoms with Gasteiger partial charge in [-0.15, -0.1) is 0 Å². The van der Waals surface area contributed by atoms with Crippen molar-refractivity contribution in [1.29, 1.82) is 0 Å². The molecule has 3 heteroatoms. The van der Waals surface area contributed by atoms with Gasteiger partial charge in [-0.05, 0) is 55.4 Å². The summed E-state index contributed by atoms with van der Waals surface area (Å²) >= 11 is 0. The van der Waals surface area contributed by atoms with Gasteiger partial charge in [0.2, 0.25) is 0 Å². The van der Waals surface area contributed by atoms with Gasteiger partial charge in [0.1, 0.15) is 5.75 Å². The lowest BCUT2D eigenvalue weighted by Crippen LogP contribution is -2.45. The van der Waals surface area contributed by atoms with Gasteiger partial charge in [-0.3, -0.25) is 0 Å². The Hall–Kier alpha value is -1.06. The van der Waals surface area contributed by atoms with Crippen LogP contribution in [-0.4, -0.2) is 32.4 Å². The zero-order valence-corrected chi connectivity index (χ0v) is 11.7. The molecular formula is C16H23NO2. The molecule has 3 nitrogen and oxygen atoms in total. The van der Waals surface area contributed by atoms with Gasteiger partial charge in [-0.25, -0.2) is 0 Å². The average molecular weight is 261 g/mol. The van der Waals surface area contributed by atoms with E-state index in [9.17, 15) is 0 Å². The molecular weight excluding hydrogens is 238 g/mol. The van der Waals surface area contributed by atoms with Crippen LogP contribution in [0.3, 0.4) is 0 Å². The van der Waals surface area contributed by atoms with E-state index in [0.29, 0.717) is 12.1 Å². The Kier molecular flexibility index (Phi) is 4.04. The number of ether oxygens (including phenoxy) is 2. The van der Waals surface area contributed by atoms with Crippen LogP contribution in [-0.2, 0) is 17.6 Å². The molecule has 19 heavy (non-hydrogen) atoms. The number of hydrogen-bond donors (Lipinski definition) is 1. The van der Waals surface area contributed by atoms with Crippen molar-refractivity contribution in [3.8, 4) is 5.75 Å². The predicted molar refractivity (Wildman–Crippen MR) is 75.8 cm³/mol. The van der Waals surface area contributed by atoms with E-state index in [1.54, 1.807) is 7.11 Å². The molecule has 3 rings (SSSR count). The molecule has 1 N–H and O–H groups in total. The Morgan fingerprint density at radius 2 is 2.16 bits per heavy atom. The standard InChI is InChI=1S/C16H23NO2/c1-18-16-7-5-12-4-6-14(9-13(12)10-16)17-15-3-2-8-19-11-15/h5,7,10,14-15,17H,2-4,6,8-9,11H2,1H3. The lowest BCUT2D eigenvalue weighted by Gasteiger charge is -2.31. The summed E-state index contributed by atoms with van der Waals surface area (Å²) in [5.74, 6) is 0.973. The Morgan fingerprint density at radius 1 is 1.21 bits per heavy atom. The Labute approximate surface area is 115 Å². The Bertz CT molecular complexity index is 427. The minimum Gasteiger partial charge on any atom is -0.497 e. The van der Waals surface area contributed by atoms with Crippen molar-refractivity contribution >= 4 is 0 Å². The summed E-state index contributed by atoms with van der Waals surface area (Å²) in [7, 11) is 1.74. The summed E-state index contributed by atoms with van der Waals surface area (Å²) in [4.78, 5) is 0. The highest BCUT2D eigenvalue weighted by atomic mass is 16.5. The maximum absolute atomic E-state index is 5.55. The Balaban J connectivity index is 1.63. The first-order valence-corrected chi connectivity index (χ1v) is 7.35. The van der Waals surface area contributed by atoms with Crippen molar-refractivity contribution in [3.63, 3.8) is 0 Å². The van der Waals surface area contributed by atoms with Crippen molar-refractivity contribution in [2.45, 2.75) is 44.2 Å². The highest BCUT2D eigenvalue weighted by Crippen LogP contribution is 2.26. The van der Waals surface area contributed by atoms with E-state index in [-0.39, 0.29) is 0 Å². The fraction of sp³-hybridized carbons (Fsp3) is 0.625. The van der Waals surface area contributed by atoms with Crippen LogP contribution in [0.15, 0.2) is 18.2 Å². The van der Waals surface area contributed by atoms with Gasteiger partial charge in [0.05, 0.1) is 13.7 Å². The number of rotatable bonds is 3. The number of nitrogens with one attached hydrogen (secondary N) is 1. The lowest BCUT2D eigenvalue weighted by molar-refractivity contribution is 0.0656. The highest BCUT2D eigenvalue weighted by molar-refractivity contribution is 5.37. The molecule has 1 fully saturated rings. The molecule has 104 valence electrons. The normalized spacial score (nSPS) is 26.8. The first kappa shape index (κ1) is 12.9. The number of methoxy groups -OCH3 is 1. The van der Waals surface area contributed by atoms with Crippen molar-refractivity contribution in [2.24, 2.45) is 0 Å². The van der Waals surface area contributed by atoms with Gasteiger partial charge < -0.3 is 14.8 Å². The average Bonchev–Trinajstić information content (AvgIpc) is 2.47. The van der Waals surface area contributed by atoms with Gasteiger partial charge in [-0.2, -0.15) is 0 Å². The van der Waals surface area contributed by atoms with E-state index in [1.165, 1.54) is 36.8 Å². The van der Waals surface area contributed by atoms with E-state index in [1.807, 2.05) is 0 Å². The maximum Gasteiger partial charge on any atom is 0.119 e. The largest absolute Gasteiger partial charge is 0.497 e. The third-order valence-electron chi connectivity index (χ3n) is 4.27. The van der Waals surface area contributed by atoms with Crippen molar-refractivity contribution in [2.75, 3.05) is 20.3 Å². The highest BCUT2D eigenvalue weighted by Gasteiger charge is 2.22. The fourth-order valence-corrected chi connectivity index (χ4v) is 3.21. The molecule has 2 unspecified atom stereocenters. The van der Waals surface area contributed by atoms with E-state index in [2.05, 4.69) is 23.5 Å². The van der Waals surface area contributed by atoms with Crippen LogP contribution in [0.5, 0.6) is 5.75 Å². The van der Waals surface area contributed by atoms with E-state index < -0.39 is 0 Å². The second-order valence-corrected chi connectivity index (χ2v) is 5.66. The molecule has 0 bridgehead atoms. The molecule has 0 amide bonds. The monoisotopic (exact) mass is 261 g/mol. The van der Waals surface area contributed by atoms with Crippen LogP contribution in [0.25, 0.3) is 0 Å².